The van der Waals surface area contributed by atoms with Gasteiger partial charge in [-0.2, -0.15) is 5.10 Å². The molecule has 1 aromatic rings. The number of Topliss-reactive ketones (excluding diaryl/α,β-unsaturated/α-hetero) is 1. The highest BCUT2D eigenvalue weighted by Gasteiger charge is 2.18. The number of hydrazone groups is 1. The van der Waals surface area contributed by atoms with Gasteiger partial charge in [-0.05, 0) is 43.5 Å². The van der Waals surface area contributed by atoms with Gasteiger partial charge < -0.3 is 4.90 Å². The van der Waals surface area contributed by atoms with Gasteiger partial charge in [0.05, 0.1) is 5.69 Å². The largest absolute Gasteiger partial charge is 0.352 e. The van der Waals surface area contributed by atoms with E-state index in [4.69, 9.17) is 0 Å². The lowest BCUT2D eigenvalue weighted by atomic mass is 10.1. The van der Waals surface area contributed by atoms with Crippen molar-refractivity contribution in [2.45, 2.75) is 26.2 Å². The Balaban J connectivity index is 2.07. The molecule has 0 bridgehead atoms. The quantitative estimate of drug-likeness (QED) is 0.527. The van der Waals surface area contributed by atoms with Gasteiger partial charge in [-0.25, -0.2) is 0 Å². The van der Waals surface area contributed by atoms with E-state index in [9.17, 15) is 4.79 Å². The molecule has 1 N–H and O–H groups in total. The molecule has 0 unspecified atom stereocenters. The summed E-state index contributed by atoms with van der Waals surface area (Å²) < 4.78 is 1.02. The van der Waals surface area contributed by atoms with Crippen LogP contribution >= 0.6 is 15.9 Å². The van der Waals surface area contributed by atoms with E-state index in [0.29, 0.717) is 5.84 Å². The van der Waals surface area contributed by atoms with Crippen molar-refractivity contribution in [3.8, 4) is 0 Å². The highest BCUT2D eigenvalue weighted by atomic mass is 79.9. The van der Waals surface area contributed by atoms with Crippen molar-refractivity contribution in [1.29, 1.82) is 0 Å². The molecule has 19 heavy (non-hydrogen) atoms. The van der Waals surface area contributed by atoms with E-state index in [0.717, 1.165) is 36.1 Å². The first-order valence-corrected chi connectivity index (χ1v) is 7.31. The molecule has 0 saturated carbocycles. The van der Waals surface area contributed by atoms with Crippen LogP contribution in [0.1, 0.15) is 26.2 Å². The highest BCUT2D eigenvalue weighted by molar-refractivity contribution is 9.10. The van der Waals surface area contributed by atoms with Crippen LogP contribution in [0.3, 0.4) is 0 Å². The Bertz CT molecular complexity index is 464. The molecule has 0 aromatic heterocycles. The summed E-state index contributed by atoms with van der Waals surface area (Å²) in [6, 6.07) is 7.71. The molecule has 0 radical (unpaired) electrons. The van der Waals surface area contributed by atoms with Crippen molar-refractivity contribution >= 4 is 33.2 Å². The number of rotatable bonds is 3. The summed E-state index contributed by atoms with van der Waals surface area (Å²) in [6.07, 6.45) is 3.50. The standard InChI is InChI=1S/C14H18BrN3O/c1-11(19)14(18-9-3-2-4-10-18)17-16-13-7-5-12(15)6-8-13/h5-8,16H,2-4,9-10H2,1H3/b17-14-. The monoisotopic (exact) mass is 323 g/mol. The van der Waals surface area contributed by atoms with Crippen LogP contribution in [0, 0.1) is 0 Å². The number of nitrogens with one attached hydrogen (secondary N) is 1. The van der Waals surface area contributed by atoms with Crippen LogP contribution in [-0.2, 0) is 4.79 Å². The molecular weight excluding hydrogens is 306 g/mol. The molecule has 1 aliphatic heterocycles. The van der Waals surface area contributed by atoms with Gasteiger partial charge in [-0.3, -0.25) is 10.2 Å². The summed E-state index contributed by atoms with van der Waals surface area (Å²) in [4.78, 5) is 13.8. The van der Waals surface area contributed by atoms with Gasteiger partial charge in [0.2, 0.25) is 0 Å². The zero-order chi connectivity index (χ0) is 13.7. The van der Waals surface area contributed by atoms with Crippen molar-refractivity contribution in [2.24, 2.45) is 5.10 Å². The molecule has 1 aliphatic rings. The lowest BCUT2D eigenvalue weighted by Crippen LogP contribution is -2.39. The lowest BCUT2D eigenvalue weighted by Gasteiger charge is -2.28. The van der Waals surface area contributed by atoms with Gasteiger partial charge in [0.1, 0.15) is 0 Å². The van der Waals surface area contributed by atoms with E-state index in [1.54, 1.807) is 6.92 Å². The fourth-order valence-electron chi connectivity index (χ4n) is 2.12. The molecule has 1 fully saturated rings. The second-order valence-corrected chi connectivity index (χ2v) is 5.57. The smallest absolute Gasteiger partial charge is 0.196 e. The van der Waals surface area contributed by atoms with Gasteiger partial charge in [-0.15, -0.1) is 0 Å². The van der Waals surface area contributed by atoms with Crippen molar-refractivity contribution < 1.29 is 4.79 Å². The molecule has 102 valence electrons. The number of nitrogens with zero attached hydrogens (tertiary/aromatic N) is 2. The lowest BCUT2D eigenvalue weighted by molar-refractivity contribution is -0.111. The molecule has 4 nitrogen and oxygen atoms in total. The molecule has 0 aliphatic carbocycles. The molecule has 0 spiro atoms. The molecule has 0 amide bonds. The minimum absolute atomic E-state index is 0.00603. The van der Waals surface area contributed by atoms with Crippen molar-refractivity contribution in [3.05, 3.63) is 28.7 Å². The zero-order valence-electron chi connectivity index (χ0n) is 11.0. The fourth-order valence-corrected chi connectivity index (χ4v) is 2.38. The maximum absolute atomic E-state index is 11.7. The Labute approximate surface area is 122 Å². The zero-order valence-corrected chi connectivity index (χ0v) is 12.6. The average Bonchev–Trinajstić information content (AvgIpc) is 2.42. The summed E-state index contributed by atoms with van der Waals surface area (Å²) >= 11 is 3.39. The van der Waals surface area contributed by atoms with Crippen molar-refractivity contribution in [1.82, 2.24) is 4.90 Å². The number of carbonyl (C=O) groups is 1. The molecule has 2 rings (SSSR count). The number of ketones is 1. The number of anilines is 1. The molecule has 1 saturated heterocycles. The van der Waals surface area contributed by atoms with Gasteiger partial charge >= 0.3 is 0 Å². The Kier molecular flexibility index (Phi) is 4.96. The Morgan fingerprint density at radius 1 is 1.21 bits per heavy atom. The molecular formula is C14H18BrN3O. The van der Waals surface area contributed by atoms with Gasteiger partial charge in [-0.1, -0.05) is 15.9 Å². The van der Waals surface area contributed by atoms with E-state index < -0.39 is 0 Å². The van der Waals surface area contributed by atoms with E-state index in [-0.39, 0.29) is 5.78 Å². The van der Waals surface area contributed by atoms with Crippen LogP contribution in [0.2, 0.25) is 0 Å². The number of likely N-dealkylation sites (tertiary alicyclic amines) is 1. The third-order valence-corrected chi connectivity index (χ3v) is 3.63. The Hall–Kier alpha value is -1.36. The van der Waals surface area contributed by atoms with Crippen LogP contribution in [0.15, 0.2) is 33.8 Å². The van der Waals surface area contributed by atoms with Crippen molar-refractivity contribution in [3.63, 3.8) is 0 Å². The predicted molar refractivity (Wildman–Crippen MR) is 81.3 cm³/mol. The molecule has 1 heterocycles. The van der Waals surface area contributed by atoms with Gasteiger partial charge in [0.25, 0.3) is 0 Å². The number of piperidine rings is 1. The minimum Gasteiger partial charge on any atom is -0.352 e. The van der Waals surface area contributed by atoms with Crippen LogP contribution in [-0.4, -0.2) is 29.6 Å². The molecule has 1 aromatic carbocycles. The third kappa shape index (κ3) is 4.06. The van der Waals surface area contributed by atoms with Crippen LogP contribution < -0.4 is 5.43 Å². The van der Waals surface area contributed by atoms with Gasteiger partial charge in [0, 0.05) is 24.5 Å². The van der Waals surface area contributed by atoms with E-state index in [1.807, 2.05) is 24.3 Å². The van der Waals surface area contributed by atoms with E-state index in [1.165, 1.54) is 6.42 Å². The molecule has 5 heteroatoms. The summed E-state index contributed by atoms with van der Waals surface area (Å²) in [5.74, 6) is 0.536. The fraction of sp³-hybridized carbons (Fsp3) is 0.429. The van der Waals surface area contributed by atoms with Crippen LogP contribution in [0.4, 0.5) is 5.69 Å². The number of amidine groups is 1. The first-order valence-electron chi connectivity index (χ1n) is 6.52. The second-order valence-electron chi connectivity index (χ2n) is 4.66. The maximum atomic E-state index is 11.7. The van der Waals surface area contributed by atoms with Crippen molar-refractivity contribution in [2.75, 3.05) is 18.5 Å². The Morgan fingerprint density at radius 2 is 1.84 bits per heavy atom. The third-order valence-electron chi connectivity index (χ3n) is 3.11. The molecule has 0 atom stereocenters. The summed E-state index contributed by atoms with van der Waals surface area (Å²) in [5.41, 5.74) is 3.83. The topological polar surface area (TPSA) is 44.7 Å². The number of benzene rings is 1. The van der Waals surface area contributed by atoms with Gasteiger partial charge in [0.15, 0.2) is 11.6 Å². The predicted octanol–water partition coefficient (Wildman–Crippen LogP) is 3.25. The SMILES string of the molecule is CC(=O)/C(=N/Nc1ccc(Br)cc1)N1CCCCC1. The number of hydrogen-bond donors (Lipinski definition) is 1. The number of hydrogen-bond acceptors (Lipinski definition) is 3. The average molecular weight is 324 g/mol. The minimum atomic E-state index is 0.00603. The summed E-state index contributed by atoms with van der Waals surface area (Å²) in [5, 5.41) is 4.27. The second kappa shape index (κ2) is 6.70. The van der Waals surface area contributed by atoms with E-state index in [2.05, 4.69) is 31.4 Å². The first kappa shape index (κ1) is 14.1. The Morgan fingerprint density at radius 3 is 2.42 bits per heavy atom. The highest BCUT2D eigenvalue weighted by Crippen LogP contribution is 2.15. The van der Waals surface area contributed by atoms with E-state index >= 15 is 0 Å². The normalized spacial score (nSPS) is 16.3. The first-order chi connectivity index (χ1) is 9.16. The van der Waals surface area contributed by atoms with Crippen LogP contribution in [0.5, 0.6) is 0 Å². The summed E-state index contributed by atoms with van der Waals surface area (Å²) in [7, 11) is 0. The maximum Gasteiger partial charge on any atom is 0.196 e. The number of halogens is 1. The van der Waals surface area contributed by atoms with Crippen LogP contribution in [0.25, 0.3) is 0 Å². The summed E-state index contributed by atoms with van der Waals surface area (Å²) in [6.45, 7) is 3.40. The number of carbonyl (C=O) groups excluding carboxylic acids is 1.